The van der Waals surface area contributed by atoms with Crippen LogP contribution in [0.2, 0.25) is 0 Å². The molecule has 0 saturated heterocycles. The maximum absolute atomic E-state index is 5.36. The second-order valence-electron chi connectivity index (χ2n) is 3.94. The first-order chi connectivity index (χ1) is 6.47. The molecule has 2 nitrogen and oxygen atoms in total. The highest BCUT2D eigenvalue weighted by Crippen LogP contribution is 2.16. The molecule has 0 N–H and O–H groups in total. The molecule has 76 valence electrons. The van der Waals surface area contributed by atoms with Gasteiger partial charge in [-0.2, -0.15) is 0 Å². The Morgan fingerprint density at radius 1 is 1.21 bits per heavy atom. The van der Waals surface area contributed by atoms with Crippen molar-refractivity contribution in [3.05, 3.63) is 28.7 Å². The summed E-state index contributed by atoms with van der Waals surface area (Å²) in [5.74, 6) is 0. The molecule has 0 bridgehead atoms. The number of nitrogens with zero attached hydrogens (tertiary/aromatic N) is 1. The van der Waals surface area contributed by atoms with E-state index in [1.54, 1.807) is 0 Å². The van der Waals surface area contributed by atoms with Crippen molar-refractivity contribution in [2.45, 2.75) is 26.4 Å². The number of aliphatic imine (C=N–C) groups is 1. The lowest BCUT2D eigenvalue weighted by molar-refractivity contribution is 0.127. The standard InChI is InChI=1S/C11H14BrNO/c1-11(2,3)14-8-13-10-6-4-9(12)5-7-10/h4-8H,1-3H3. The van der Waals surface area contributed by atoms with Gasteiger partial charge in [0.15, 0.2) is 6.40 Å². The van der Waals surface area contributed by atoms with E-state index in [0.29, 0.717) is 0 Å². The van der Waals surface area contributed by atoms with Crippen LogP contribution in [0.4, 0.5) is 5.69 Å². The Balaban J connectivity index is 2.57. The van der Waals surface area contributed by atoms with Crippen LogP contribution < -0.4 is 0 Å². The van der Waals surface area contributed by atoms with E-state index in [1.807, 2.05) is 45.0 Å². The fourth-order valence-electron chi connectivity index (χ4n) is 0.772. The van der Waals surface area contributed by atoms with Crippen molar-refractivity contribution in [2.75, 3.05) is 0 Å². The smallest absolute Gasteiger partial charge is 0.175 e. The van der Waals surface area contributed by atoms with Crippen molar-refractivity contribution in [3.8, 4) is 0 Å². The van der Waals surface area contributed by atoms with Crippen LogP contribution in [0, 0.1) is 0 Å². The Kier molecular flexibility index (Phi) is 3.69. The largest absolute Gasteiger partial charge is 0.478 e. The normalized spacial score (nSPS) is 12.0. The highest BCUT2D eigenvalue weighted by atomic mass is 79.9. The lowest BCUT2D eigenvalue weighted by Crippen LogP contribution is -2.17. The van der Waals surface area contributed by atoms with Gasteiger partial charge in [0.2, 0.25) is 0 Å². The van der Waals surface area contributed by atoms with Gasteiger partial charge < -0.3 is 4.74 Å². The molecule has 0 aliphatic heterocycles. The zero-order valence-electron chi connectivity index (χ0n) is 8.62. The Labute approximate surface area is 93.1 Å². The van der Waals surface area contributed by atoms with Crippen LogP contribution in [-0.2, 0) is 4.74 Å². The first-order valence-electron chi connectivity index (χ1n) is 4.43. The van der Waals surface area contributed by atoms with Gasteiger partial charge in [0.1, 0.15) is 5.60 Å². The summed E-state index contributed by atoms with van der Waals surface area (Å²) in [5, 5.41) is 0. The molecule has 0 heterocycles. The summed E-state index contributed by atoms with van der Waals surface area (Å²) >= 11 is 3.36. The zero-order chi connectivity index (χ0) is 10.6. The molecule has 0 aromatic heterocycles. The summed E-state index contributed by atoms with van der Waals surface area (Å²) in [6.45, 7) is 5.96. The van der Waals surface area contributed by atoms with Gasteiger partial charge in [0, 0.05) is 4.47 Å². The van der Waals surface area contributed by atoms with E-state index in [2.05, 4.69) is 20.9 Å². The minimum Gasteiger partial charge on any atom is -0.478 e. The summed E-state index contributed by atoms with van der Waals surface area (Å²) < 4.78 is 6.41. The summed E-state index contributed by atoms with van der Waals surface area (Å²) in [4.78, 5) is 4.16. The Hall–Kier alpha value is -0.830. The van der Waals surface area contributed by atoms with Gasteiger partial charge in [-0.05, 0) is 45.0 Å². The van der Waals surface area contributed by atoms with E-state index in [1.165, 1.54) is 6.40 Å². The number of hydrogen-bond acceptors (Lipinski definition) is 2. The minimum atomic E-state index is -0.182. The van der Waals surface area contributed by atoms with Crippen molar-refractivity contribution >= 4 is 28.0 Å². The Bertz CT molecular complexity index is 311. The molecule has 3 heteroatoms. The third-order valence-corrected chi connectivity index (χ3v) is 1.96. The van der Waals surface area contributed by atoms with Crippen molar-refractivity contribution in [2.24, 2.45) is 4.99 Å². The van der Waals surface area contributed by atoms with Crippen LogP contribution in [0.25, 0.3) is 0 Å². The molecule has 1 aromatic rings. The van der Waals surface area contributed by atoms with Crippen LogP contribution in [-0.4, -0.2) is 12.0 Å². The van der Waals surface area contributed by atoms with E-state index in [0.717, 1.165) is 10.2 Å². The average molecular weight is 256 g/mol. The molecule has 0 fully saturated rings. The number of halogens is 1. The van der Waals surface area contributed by atoms with Crippen molar-refractivity contribution in [1.82, 2.24) is 0 Å². The van der Waals surface area contributed by atoms with E-state index in [9.17, 15) is 0 Å². The molecule has 14 heavy (non-hydrogen) atoms. The molecule has 1 aromatic carbocycles. The predicted octanol–water partition coefficient (Wildman–Crippen LogP) is 3.92. The van der Waals surface area contributed by atoms with Gasteiger partial charge in [0.25, 0.3) is 0 Å². The number of ether oxygens (including phenoxy) is 1. The van der Waals surface area contributed by atoms with E-state index >= 15 is 0 Å². The van der Waals surface area contributed by atoms with Crippen molar-refractivity contribution in [3.63, 3.8) is 0 Å². The van der Waals surface area contributed by atoms with Gasteiger partial charge in [-0.25, -0.2) is 4.99 Å². The topological polar surface area (TPSA) is 21.6 Å². The lowest BCUT2D eigenvalue weighted by atomic mass is 10.2. The Morgan fingerprint density at radius 3 is 2.29 bits per heavy atom. The summed E-state index contributed by atoms with van der Waals surface area (Å²) in [5.41, 5.74) is 0.705. The first-order valence-corrected chi connectivity index (χ1v) is 5.22. The van der Waals surface area contributed by atoms with Gasteiger partial charge in [-0.15, -0.1) is 0 Å². The van der Waals surface area contributed by atoms with E-state index in [-0.39, 0.29) is 5.60 Å². The number of hydrogen-bond donors (Lipinski definition) is 0. The minimum absolute atomic E-state index is 0.182. The number of rotatable bonds is 2. The van der Waals surface area contributed by atoms with Crippen LogP contribution >= 0.6 is 15.9 Å². The second-order valence-corrected chi connectivity index (χ2v) is 4.86. The maximum Gasteiger partial charge on any atom is 0.175 e. The zero-order valence-corrected chi connectivity index (χ0v) is 10.2. The molecule has 0 aliphatic rings. The number of benzene rings is 1. The molecular formula is C11H14BrNO. The van der Waals surface area contributed by atoms with Gasteiger partial charge in [-0.3, -0.25) is 0 Å². The van der Waals surface area contributed by atoms with E-state index < -0.39 is 0 Å². The van der Waals surface area contributed by atoms with Gasteiger partial charge >= 0.3 is 0 Å². The van der Waals surface area contributed by atoms with Gasteiger partial charge in [0.05, 0.1) is 5.69 Å². The predicted molar refractivity (Wildman–Crippen MR) is 63.1 cm³/mol. The molecule has 0 amide bonds. The van der Waals surface area contributed by atoms with E-state index in [4.69, 9.17) is 4.74 Å². The molecule has 0 spiro atoms. The van der Waals surface area contributed by atoms with Crippen LogP contribution in [0.3, 0.4) is 0 Å². The molecule has 0 radical (unpaired) electrons. The monoisotopic (exact) mass is 255 g/mol. The summed E-state index contributed by atoms with van der Waals surface area (Å²) in [6.07, 6.45) is 1.49. The molecule has 0 saturated carbocycles. The van der Waals surface area contributed by atoms with Crippen LogP contribution in [0.15, 0.2) is 33.7 Å². The third kappa shape index (κ3) is 4.42. The fourth-order valence-corrected chi connectivity index (χ4v) is 1.04. The first kappa shape index (κ1) is 11.2. The summed E-state index contributed by atoms with van der Waals surface area (Å²) in [6, 6.07) is 7.74. The molecular weight excluding hydrogens is 242 g/mol. The van der Waals surface area contributed by atoms with Crippen molar-refractivity contribution < 1.29 is 4.74 Å². The SMILES string of the molecule is CC(C)(C)OC=Nc1ccc(Br)cc1. The van der Waals surface area contributed by atoms with Crippen molar-refractivity contribution in [1.29, 1.82) is 0 Å². The van der Waals surface area contributed by atoms with Gasteiger partial charge in [-0.1, -0.05) is 15.9 Å². The molecule has 1 rings (SSSR count). The van der Waals surface area contributed by atoms with Crippen LogP contribution in [0.1, 0.15) is 20.8 Å². The summed E-state index contributed by atoms with van der Waals surface area (Å²) in [7, 11) is 0. The average Bonchev–Trinajstić information content (AvgIpc) is 2.06. The second kappa shape index (κ2) is 4.60. The Morgan fingerprint density at radius 2 is 1.79 bits per heavy atom. The molecule has 0 unspecified atom stereocenters. The third-order valence-electron chi connectivity index (χ3n) is 1.43. The highest BCUT2D eigenvalue weighted by molar-refractivity contribution is 9.10. The quantitative estimate of drug-likeness (QED) is 0.580. The fraction of sp³-hybridized carbons (Fsp3) is 0.364. The molecule has 0 aliphatic carbocycles. The van der Waals surface area contributed by atoms with Crippen LogP contribution in [0.5, 0.6) is 0 Å². The maximum atomic E-state index is 5.36. The highest BCUT2D eigenvalue weighted by Gasteiger charge is 2.07. The molecule has 0 atom stereocenters. The lowest BCUT2D eigenvalue weighted by Gasteiger charge is -2.16.